The molecular formula is C24H29N3O2. The zero-order valence-electron chi connectivity index (χ0n) is 17.1. The SMILES string of the molecule is C[C@@H]1CCC(=O)N2[C@H](CC[C@H]2C(=O)N2C[C@H](c3ccccc3)[C@@H](C#N)C23CC3)C1. The normalized spacial score (nSPS) is 35.3. The van der Waals surface area contributed by atoms with Crippen LogP contribution in [0.5, 0.6) is 0 Å². The van der Waals surface area contributed by atoms with Crippen molar-refractivity contribution < 1.29 is 9.59 Å². The van der Waals surface area contributed by atoms with E-state index in [0.717, 1.165) is 44.1 Å². The lowest BCUT2D eigenvalue weighted by Gasteiger charge is -2.34. The quantitative estimate of drug-likeness (QED) is 0.775. The first-order chi connectivity index (χ1) is 14.0. The Morgan fingerprint density at radius 2 is 1.93 bits per heavy atom. The number of nitrogens with zero attached hydrogens (tertiary/aromatic N) is 3. The van der Waals surface area contributed by atoms with Crippen LogP contribution in [0, 0.1) is 23.2 Å². The summed E-state index contributed by atoms with van der Waals surface area (Å²) in [5, 5.41) is 9.98. The van der Waals surface area contributed by atoms with Crippen molar-refractivity contribution in [2.24, 2.45) is 11.8 Å². The molecular weight excluding hydrogens is 362 g/mol. The summed E-state index contributed by atoms with van der Waals surface area (Å²) >= 11 is 0. The van der Waals surface area contributed by atoms with Gasteiger partial charge in [0.05, 0.1) is 17.5 Å². The Hall–Kier alpha value is -2.35. The molecule has 1 spiro atoms. The number of carbonyl (C=O) groups is 2. The van der Waals surface area contributed by atoms with Gasteiger partial charge < -0.3 is 9.80 Å². The van der Waals surface area contributed by atoms with E-state index in [4.69, 9.17) is 0 Å². The molecule has 4 aliphatic rings. The second kappa shape index (κ2) is 6.86. The third-order valence-electron chi connectivity index (χ3n) is 7.89. The Labute approximate surface area is 172 Å². The topological polar surface area (TPSA) is 64.4 Å². The molecule has 3 saturated heterocycles. The van der Waals surface area contributed by atoms with Crippen LogP contribution in [0.2, 0.25) is 0 Å². The standard InChI is InChI=1S/C24H29N3O2/c1-16-7-10-22(28)27-18(13-16)8-9-21(27)23(29)26-15-19(17-5-3-2-4-6-17)20(14-25)24(26)11-12-24/h2-6,16,18-21H,7-13,15H2,1H3/t16-,18-,19-,20-,21+/m1/s1. The van der Waals surface area contributed by atoms with Crippen LogP contribution in [0.15, 0.2) is 30.3 Å². The first kappa shape index (κ1) is 18.7. The number of amides is 2. The molecule has 5 nitrogen and oxygen atoms in total. The van der Waals surface area contributed by atoms with Gasteiger partial charge in [-0.2, -0.15) is 5.26 Å². The van der Waals surface area contributed by atoms with Gasteiger partial charge in [0.2, 0.25) is 11.8 Å². The van der Waals surface area contributed by atoms with E-state index in [0.29, 0.717) is 18.9 Å². The Morgan fingerprint density at radius 3 is 2.62 bits per heavy atom. The van der Waals surface area contributed by atoms with Crippen LogP contribution in [0.4, 0.5) is 0 Å². The molecule has 5 atom stereocenters. The summed E-state index contributed by atoms with van der Waals surface area (Å²) in [6, 6.07) is 12.6. The zero-order valence-corrected chi connectivity index (χ0v) is 17.1. The Kier molecular flexibility index (Phi) is 4.42. The van der Waals surface area contributed by atoms with Gasteiger partial charge in [-0.05, 0) is 50.0 Å². The summed E-state index contributed by atoms with van der Waals surface area (Å²) in [6.07, 6.45) is 5.99. The van der Waals surface area contributed by atoms with Crippen molar-refractivity contribution in [2.75, 3.05) is 6.54 Å². The number of nitriles is 1. The molecule has 0 radical (unpaired) electrons. The lowest BCUT2D eigenvalue weighted by Crippen LogP contribution is -2.52. The molecule has 1 aromatic carbocycles. The summed E-state index contributed by atoms with van der Waals surface area (Å²) in [4.78, 5) is 30.6. The molecule has 0 N–H and O–H groups in total. The Morgan fingerprint density at radius 1 is 1.17 bits per heavy atom. The predicted octanol–water partition coefficient (Wildman–Crippen LogP) is 3.46. The third-order valence-corrected chi connectivity index (χ3v) is 7.89. The van der Waals surface area contributed by atoms with Gasteiger partial charge >= 0.3 is 0 Å². The fourth-order valence-electron chi connectivity index (χ4n) is 6.25. The Balaban J connectivity index is 1.43. The molecule has 4 fully saturated rings. The van der Waals surface area contributed by atoms with Crippen LogP contribution in [-0.4, -0.2) is 45.8 Å². The number of benzene rings is 1. The summed E-state index contributed by atoms with van der Waals surface area (Å²) in [6.45, 7) is 2.81. The van der Waals surface area contributed by atoms with Crippen molar-refractivity contribution in [1.82, 2.24) is 9.80 Å². The first-order valence-corrected chi connectivity index (χ1v) is 11.1. The van der Waals surface area contributed by atoms with Crippen LogP contribution in [0.1, 0.15) is 63.4 Å². The lowest BCUT2D eigenvalue weighted by atomic mass is 9.85. The molecule has 1 aromatic rings. The minimum Gasteiger partial charge on any atom is -0.333 e. The van der Waals surface area contributed by atoms with Gasteiger partial charge in [0.15, 0.2) is 0 Å². The van der Waals surface area contributed by atoms with Gasteiger partial charge in [0.1, 0.15) is 6.04 Å². The van der Waals surface area contributed by atoms with E-state index in [9.17, 15) is 14.9 Å². The Bertz CT molecular complexity index is 857. The van der Waals surface area contributed by atoms with Crippen LogP contribution in [-0.2, 0) is 9.59 Å². The van der Waals surface area contributed by atoms with Gasteiger partial charge in [-0.25, -0.2) is 0 Å². The second-order valence-corrected chi connectivity index (χ2v) is 9.60. The van der Waals surface area contributed by atoms with Crippen molar-refractivity contribution in [3.8, 4) is 6.07 Å². The monoisotopic (exact) mass is 391 g/mol. The maximum Gasteiger partial charge on any atom is 0.245 e. The highest BCUT2D eigenvalue weighted by Crippen LogP contribution is 2.58. The van der Waals surface area contributed by atoms with Gasteiger partial charge in [-0.3, -0.25) is 9.59 Å². The molecule has 5 rings (SSSR count). The summed E-state index contributed by atoms with van der Waals surface area (Å²) in [5.74, 6) is 0.674. The molecule has 152 valence electrons. The van der Waals surface area contributed by atoms with Gasteiger partial charge in [0, 0.05) is 24.9 Å². The van der Waals surface area contributed by atoms with Gasteiger partial charge in [-0.1, -0.05) is 37.3 Å². The highest BCUT2D eigenvalue weighted by molar-refractivity contribution is 5.90. The van der Waals surface area contributed by atoms with E-state index >= 15 is 0 Å². The molecule has 5 heteroatoms. The van der Waals surface area contributed by atoms with Crippen LogP contribution in [0.3, 0.4) is 0 Å². The number of rotatable bonds is 2. The van der Waals surface area contributed by atoms with Crippen LogP contribution < -0.4 is 0 Å². The maximum atomic E-state index is 13.8. The van der Waals surface area contributed by atoms with Crippen molar-refractivity contribution >= 4 is 11.8 Å². The minimum atomic E-state index is -0.329. The van der Waals surface area contributed by atoms with Crippen molar-refractivity contribution in [2.45, 2.75) is 75.4 Å². The van der Waals surface area contributed by atoms with Crippen molar-refractivity contribution in [1.29, 1.82) is 5.26 Å². The fourth-order valence-corrected chi connectivity index (χ4v) is 6.25. The predicted molar refractivity (Wildman–Crippen MR) is 109 cm³/mol. The van der Waals surface area contributed by atoms with Gasteiger partial charge in [-0.15, -0.1) is 0 Å². The van der Waals surface area contributed by atoms with Crippen molar-refractivity contribution in [3.05, 3.63) is 35.9 Å². The van der Waals surface area contributed by atoms with E-state index in [-0.39, 0.29) is 41.3 Å². The molecule has 0 bridgehead atoms. The van der Waals surface area contributed by atoms with E-state index in [1.54, 1.807) is 0 Å². The molecule has 0 unspecified atom stereocenters. The average Bonchev–Trinajstić information content (AvgIpc) is 3.33. The van der Waals surface area contributed by atoms with Crippen LogP contribution >= 0.6 is 0 Å². The summed E-state index contributed by atoms with van der Waals surface area (Å²) < 4.78 is 0. The van der Waals surface area contributed by atoms with E-state index < -0.39 is 0 Å². The molecule has 1 aliphatic carbocycles. The highest BCUT2D eigenvalue weighted by atomic mass is 16.2. The minimum absolute atomic E-state index is 0.0599. The summed E-state index contributed by atoms with van der Waals surface area (Å²) in [7, 11) is 0. The molecule has 3 aliphatic heterocycles. The highest BCUT2D eigenvalue weighted by Gasteiger charge is 2.64. The van der Waals surface area contributed by atoms with Crippen LogP contribution in [0.25, 0.3) is 0 Å². The number of carbonyl (C=O) groups excluding carboxylic acids is 2. The molecule has 1 saturated carbocycles. The molecule has 0 aromatic heterocycles. The zero-order chi connectivity index (χ0) is 20.2. The molecule has 2 amide bonds. The number of fused-ring (bicyclic) bond motifs is 1. The third kappa shape index (κ3) is 2.87. The molecule has 29 heavy (non-hydrogen) atoms. The van der Waals surface area contributed by atoms with E-state index in [2.05, 4.69) is 25.1 Å². The first-order valence-electron chi connectivity index (χ1n) is 11.1. The smallest absolute Gasteiger partial charge is 0.245 e. The largest absolute Gasteiger partial charge is 0.333 e. The number of hydrogen-bond donors (Lipinski definition) is 0. The van der Waals surface area contributed by atoms with E-state index in [1.165, 1.54) is 0 Å². The second-order valence-electron chi connectivity index (χ2n) is 9.60. The molecule has 3 heterocycles. The number of likely N-dealkylation sites (tertiary alicyclic amines) is 1. The number of hydrogen-bond acceptors (Lipinski definition) is 3. The van der Waals surface area contributed by atoms with Gasteiger partial charge in [0.25, 0.3) is 0 Å². The average molecular weight is 392 g/mol. The lowest BCUT2D eigenvalue weighted by molar-refractivity contribution is -0.146. The summed E-state index contributed by atoms with van der Waals surface area (Å²) in [5.41, 5.74) is 0.830. The maximum absolute atomic E-state index is 13.8. The fraction of sp³-hybridized carbons (Fsp3) is 0.625. The van der Waals surface area contributed by atoms with Crippen molar-refractivity contribution in [3.63, 3.8) is 0 Å². The van der Waals surface area contributed by atoms with E-state index in [1.807, 2.05) is 28.0 Å².